The Kier molecular flexibility index (Phi) is 5.88. The molecule has 0 atom stereocenters. The molecule has 0 aliphatic rings. The van der Waals surface area contributed by atoms with Crippen molar-refractivity contribution in [3.8, 4) is 5.75 Å². The highest BCUT2D eigenvalue weighted by atomic mass is 16.5. The van der Waals surface area contributed by atoms with Crippen LogP contribution in [0.5, 0.6) is 5.75 Å². The van der Waals surface area contributed by atoms with E-state index < -0.39 is 6.09 Å². The summed E-state index contributed by atoms with van der Waals surface area (Å²) >= 11 is 0. The number of amides is 1. The van der Waals surface area contributed by atoms with Gasteiger partial charge in [0.05, 0.1) is 7.11 Å². The van der Waals surface area contributed by atoms with Crippen LogP contribution < -0.4 is 15.4 Å². The molecule has 0 saturated heterocycles. The van der Waals surface area contributed by atoms with E-state index in [1.807, 2.05) is 31.3 Å². The molecule has 2 N–H and O–H groups in total. The Morgan fingerprint density at radius 1 is 1.35 bits per heavy atom. The molecule has 1 aromatic rings. The molecule has 0 fully saturated rings. The third-order valence-corrected chi connectivity index (χ3v) is 2.15. The van der Waals surface area contributed by atoms with Crippen molar-refractivity contribution < 1.29 is 14.3 Å². The van der Waals surface area contributed by atoms with E-state index in [0.717, 1.165) is 11.3 Å². The molecule has 0 radical (unpaired) electrons. The lowest BCUT2D eigenvalue weighted by Crippen LogP contribution is -2.30. The molecule has 17 heavy (non-hydrogen) atoms. The van der Waals surface area contributed by atoms with Crippen molar-refractivity contribution in [1.82, 2.24) is 10.6 Å². The number of hydrogen-bond donors (Lipinski definition) is 2. The number of benzene rings is 1. The van der Waals surface area contributed by atoms with E-state index in [9.17, 15) is 4.79 Å². The Hall–Kier alpha value is -1.75. The Morgan fingerprint density at radius 2 is 2.18 bits per heavy atom. The van der Waals surface area contributed by atoms with Crippen molar-refractivity contribution in [1.29, 1.82) is 0 Å². The first-order valence-electron chi connectivity index (χ1n) is 5.44. The van der Waals surface area contributed by atoms with E-state index >= 15 is 0 Å². The summed E-state index contributed by atoms with van der Waals surface area (Å²) in [6.07, 6.45) is -0.414. The number of methoxy groups -OCH3 is 1. The second-order valence-corrected chi connectivity index (χ2v) is 3.46. The summed E-state index contributed by atoms with van der Waals surface area (Å²) in [6, 6.07) is 7.41. The molecular weight excluding hydrogens is 220 g/mol. The van der Waals surface area contributed by atoms with Crippen LogP contribution in [0.1, 0.15) is 5.56 Å². The molecule has 0 unspecified atom stereocenters. The van der Waals surface area contributed by atoms with E-state index in [0.29, 0.717) is 13.1 Å². The fraction of sp³-hybridized carbons (Fsp3) is 0.417. The Balaban J connectivity index is 2.31. The first kappa shape index (κ1) is 13.3. The van der Waals surface area contributed by atoms with Gasteiger partial charge in [-0.15, -0.1) is 0 Å². The molecule has 0 spiro atoms. The zero-order valence-electron chi connectivity index (χ0n) is 10.2. The number of alkyl carbamates (subject to hydrolysis) is 1. The summed E-state index contributed by atoms with van der Waals surface area (Å²) in [5.41, 5.74) is 0.896. The molecule has 1 rings (SSSR count). The molecule has 0 heterocycles. The molecule has 5 nitrogen and oxygen atoms in total. The van der Waals surface area contributed by atoms with Crippen molar-refractivity contribution in [2.75, 3.05) is 27.2 Å². The van der Waals surface area contributed by atoms with Gasteiger partial charge in [-0.25, -0.2) is 4.79 Å². The Labute approximate surface area is 101 Å². The normalized spacial score (nSPS) is 9.76. The van der Waals surface area contributed by atoms with Gasteiger partial charge in [0.1, 0.15) is 12.4 Å². The van der Waals surface area contributed by atoms with Gasteiger partial charge >= 0.3 is 6.09 Å². The van der Waals surface area contributed by atoms with Crippen LogP contribution in [0, 0.1) is 0 Å². The van der Waals surface area contributed by atoms with Crippen LogP contribution in [-0.4, -0.2) is 33.3 Å². The highest BCUT2D eigenvalue weighted by Gasteiger charge is 2.02. The van der Waals surface area contributed by atoms with Crippen molar-refractivity contribution in [2.45, 2.75) is 6.61 Å². The summed E-state index contributed by atoms with van der Waals surface area (Å²) in [4.78, 5) is 11.3. The predicted molar refractivity (Wildman–Crippen MR) is 65.1 cm³/mol. The highest BCUT2D eigenvalue weighted by Crippen LogP contribution is 2.13. The molecule has 1 amide bonds. The van der Waals surface area contributed by atoms with E-state index in [2.05, 4.69) is 10.6 Å². The number of rotatable bonds is 6. The van der Waals surface area contributed by atoms with Gasteiger partial charge < -0.3 is 20.1 Å². The van der Waals surface area contributed by atoms with E-state index in [1.165, 1.54) is 0 Å². The molecule has 5 heteroatoms. The number of carbonyl (C=O) groups excluding carboxylic acids is 1. The molecule has 0 aliphatic carbocycles. The minimum atomic E-state index is -0.414. The fourth-order valence-electron chi connectivity index (χ4n) is 1.25. The van der Waals surface area contributed by atoms with Gasteiger partial charge in [0.15, 0.2) is 0 Å². The number of hydrogen-bond acceptors (Lipinski definition) is 4. The van der Waals surface area contributed by atoms with Crippen LogP contribution >= 0.6 is 0 Å². The predicted octanol–water partition coefficient (Wildman–Crippen LogP) is 1.14. The maximum Gasteiger partial charge on any atom is 0.407 e. The lowest BCUT2D eigenvalue weighted by molar-refractivity contribution is 0.139. The lowest BCUT2D eigenvalue weighted by atomic mass is 10.2. The Morgan fingerprint density at radius 3 is 2.88 bits per heavy atom. The number of likely N-dealkylation sites (N-methyl/N-ethyl adjacent to an activating group) is 1. The minimum absolute atomic E-state index is 0.239. The number of carbonyl (C=O) groups is 1. The number of nitrogens with one attached hydrogen (secondary N) is 2. The second-order valence-electron chi connectivity index (χ2n) is 3.46. The van der Waals surface area contributed by atoms with Gasteiger partial charge in [0.2, 0.25) is 0 Å². The molecule has 1 aromatic carbocycles. The third kappa shape index (κ3) is 5.21. The molecule has 0 aromatic heterocycles. The van der Waals surface area contributed by atoms with E-state index in [1.54, 1.807) is 7.11 Å². The van der Waals surface area contributed by atoms with Crippen LogP contribution in [0.15, 0.2) is 24.3 Å². The molecule has 0 bridgehead atoms. The zero-order chi connectivity index (χ0) is 12.5. The second kappa shape index (κ2) is 7.51. The summed E-state index contributed by atoms with van der Waals surface area (Å²) in [5.74, 6) is 0.752. The van der Waals surface area contributed by atoms with Crippen molar-refractivity contribution in [2.24, 2.45) is 0 Å². The van der Waals surface area contributed by atoms with Gasteiger partial charge in [-0.05, 0) is 24.7 Å². The average Bonchev–Trinajstić information content (AvgIpc) is 2.37. The minimum Gasteiger partial charge on any atom is -0.497 e. The summed E-state index contributed by atoms with van der Waals surface area (Å²) < 4.78 is 10.1. The van der Waals surface area contributed by atoms with Crippen molar-refractivity contribution >= 4 is 6.09 Å². The van der Waals surface area contributed by atoms with Crippen LogP contribution in [0.2, 0.25) is 0 Å². The van der Waals surface area contributed by atoms with Crippen molar-refractivity contribution in [3.63, 3.8) is 0 Å². The first-order chi connectivity index (χ1) is 8.26. The summed E-state index contributed by atoms with van der Waals surface area (Å²) in [6.45, 7) is 1.50. The smallest absolute Gasteiger partial charge is 0.407 e. The molecule has 94 valence electrons. The molecule has 0 saturated carbocycles. The fourth-order valence-corrected chi connectivity index (χ4v) is 1.25. The standard InChI is InChI=1S/C12H18N2O3/c1-13-6-7-14-12(15)17-9-10-4-3-5-11(8-10)16-2/h3-5,8,13H,6-7,9H2,1-2H3,(H,14,15). The van der Waals surface area contributed by atoms with Gasteiger partial charge in [-0.2, -0.15) is 0 Å². The molecular formula is C12H18N2O3. The van der Waals surface area contributed by atoms with E-state index in [4.69, 9.17) is 9.47 Å². The molecule has 0 aliphatic heterocycles. The average molecular weight is 238 g/mol. The summed E-state index contributed by atoms with van der Waals surface area (Å²) in [5, 5.41) is 5.55. The first-order valence-corrected chi connectivity index (χ1v) is 5.44. The van der Waals surface area contributed by atoms with Gasteiger partial charge in [-0.3, -0.25) is 0 Å². The largest absolute Gasteiger partial charge is 0.497 e. The zero-order valence-corrected chi connectivity index (χ0v) is 10.2. The Bertz CT molecular complexity index is 355. The quantitative estimate of drug-likeness (QED) is 0.730. The van der Waals surface area contributed by atoms with Gasteiger partial charge in [-0.1, -0.05) is 12.1 Å². The van der Waals surface area contributed by atoms with Gasteiger partial charge in [0.25, 0.3) is 0 Å². The topological polar surface area (TPSA) is 59.6 Å². The van der Waals surface area contributed by atoms with Crippen LogP contribution in [-0.2, 0) is 11.3 Å². The van der Waals surface area contributed by atoms with E-state index in [-0.39, 0.29) is 6.61 Å². The monoisotopic (exact) mass is 238 g/mol. The van der Waals surface area contributed by atoms with Crippen LogP contribution in [0.25, 0.3) is 0 Å². The number of ether oxygens (including phenoxy) is 2. The van der Waals surface area contributed by atoms with Gasteiger partial charge in [0, 0.05) is 13.1 Å². The highest BCUT2D eigenvalue weighted by molar-refractivity contribution is 5.67. The maximum atomic E-state index is 11.3. The maximum absolute atomic E-state index is 11.3. The van der Waals surface area contributed by atoms with Crippen LogP contribution in [0.4, 0.5) is 4.79 Å². The third-order valence-electron chi connectivity index (χ3n) is 2.15. The summed E-state index contributed by atoms with van der Waals surface area (Å²) in [7, 11) is 3.42. The van der Waals surface area contributed by atoms with Crippen LogP contribution in [0.3, 0.4) is 0 Å². The van der Waals surface area contributed by atoms with Crippen molar-refractivity contribution in [3.05, 3.63) is 29.8 Å². The lowest BCUT2D eigenvalue weighted by Gasteiger charge is -2.07. The SMILES string of the molecule is CNCCNC(=O)OCc1cccc(OC)c1.